The van der Waals surface area contributed by atoms with Gasteiger partial charge in [0.05, 0.1) is 13.2 Å². The van der Waals surface area contributed by atoms with Crippen molar-refractivity contribution in [1.29, 1.82) is 0 Å². The topological polar surface area (TPSA) is 128 Å². The summed E-state index contributed by atoms with van der Waals surface area (Å²) in [5.41, 5.74) is 0.836. The average molecular weight is 402 g/mol. The molecular formula is C12H23N2O7PS2. The first-order valence-electron chi connectivity index (χ1n) is 7.04. The maximum atomic E-state index is 8.74. The van der Waals surface area contributed by atoms with Crippen molar-refractivity contribution in [2.75, 3.05) is 13.2 Å². The molecule has 0 atom stereocenters. The summed E-state index contributed by atoms with van der Waals surface area (Å²) in [6.45, 7) is 7.78. The van der Waals surface area contributed by atoms with Crippen LogP contribution in [0, 0.1) is 6.92 Å². The molecule has 1 heterocycles. The molecule has 0 spiro atoms. The second kappa shape index (κ2) is 10.3. The van der Waals surface area contributed by atoms with Gasteiger partial charge in [-0.15, -0.1) is 0 Å². The van der Waals surface area contributed by atoms with E-state index < -0.39 is 17.1 Å². The van der Waals surface area contributed by atoms with Crippen LogP contribution < -0.4 is 4.52 Å². The number of hydrogen-bond donors (Lipinski definition) is 2. The highest BCUT2D eigenvalue weighted by atomic mass is 32.5. The Morgan fingerprint density at radius 3 is 2.04 bits per heavy atom. The van der Waals surface area contributed by atoms with E-state index in [0.717, 1.165) is 11.5 Å². The molecule has 0 bridgehead atoms. The average Bonchev–Trinajstić information content (AvgIpc) is 2.35. The van der Waals surface area contributed by atoms with E-state index in [2.05, 4.69) is 9.97 Å². The van der Waals surface area contributed by atoms with Gasteiger partial charge >= 0.3 is 17.1 Å². The predicted molar refractivity (Wildman–Crippen MR) is 93.2 cm³/mol. The van der Waals surface area contributed by atoms with Crippen LogP contribution in [0.5, 0.6) is 5.88 Å². The van der Waals surface area contributed by atoms with E-state index in [-0.39, 0.29) is 5.92 Å². The molecular weight excluding hydrogens is 379 g/mol. The molecule has 0 amide bonds. The zero-order valence-electron chi connectivity index (χ0n) is 14.2. The lowest BCUT2D eigenvalue weighted by atomic mass is 10.2. The highest BCUT2D eigenvalue weighted by Crippen LogP contribution is 2.49. The fourth-order valence-electron chi connectivity index (χ4n) is 1.39. The SMILES string of the molecule is CCOP(=S)(OCC)Oc1cc(C)nc(C(C)C)n1.O=S(=O)(O)O. The molecule has 0 aliphatic heterocycles. The van der Waals surface area contributed by atoms with Gasteiger partial charge in [0.2, 0.25) is 5.88 Å². The molecule has 0 aromatic carbocycles. The van der Waals surface area contributed by atoms with Crippen LogP contribution >= 0.6 is 6.72 Å². The van der Waals surface area contributed by atoms with Gasteiger partial charge in [0, 0.05) is 29.5 Å². The van der Waals surface area contributed by atoms with Crippen LogP contribution in [0.1, 0.15) is 45.1 Å². The lowest BCUT2D eigenvalue weighted by Crippen LogP contribution is -2.06. The quantitative estimate of drug-likeness (QED) is 0.519. The van der Waals surface area contributed by atoms with Crippen molar-refractivity contribution < 1.29 is 31.1 Å². The molecule has 0 fully saturated rings. The maximum absolute atomic E-state index is 8.74. The first-order valence-corrected chi connectivity index (χ1v) is 11.0. The second-order valence-electron chi connectivity index (χ2n) is 4.68. The molecule has 1 aromatic rings. The summed E-state index contributed by atoms with van der Waals surface area (Å²) in [6.07, 6.45) is 0. The van der Waals surface area contributed by atoms with Crippen LogP contribution in [0.25, 0.3) is 0 Å². The van der Waals surface area contributed by atoms with Crippen LogP contribution in [-0.4, -0.2) is 40.7 Å². The monoisotopic (exact) mass is 402 g/mol. The van der Waals surface area contributed by atoms with Crippen molar-refractivity contribution in [2.45, 2.75) is 40.5 Å². The molecule has 12 heteroatoms. The Morgan fingerprint density at radius 1 is 1.21 bits per heavy atom. The van der Waals surface area contributed by atoms with Gasteiger partial charge in [0.1, 0.15) is 5.82 Å². The Hall–Kier alpha value is -0.680. The number of hydrogen-bond acceptors (Lipinski definition) is 8. The lowest BCUT2D eigenvalue weighted by molar-refractivity contribution is 0.215. The molecule has 0 saturated carbocycles. The molecule has 0 aliphatic rings. The van der Waals surface area contributed by atoms with E-state index in [1.165, 1.54) is 0 Å². The maximum Gasteiger partial charge on any atom is 0.394 e. The summed E-state index contributed by atoms with van der Waals surface area (Å²) in [5, 5.41) is 0. The van der Waals surface area contributed by atoms with Gasteiger partial charge in [-0.25, -0.2) is 4.98 Å². The van der Waals surface area contributed by atoms with Gasteiger partial charge < -0.3 is 4.52 Å². The smallest absolute Gasteiger partial charge is 0.394 e. The summed E-state index contributed by atoms with van der Waals surface area (Å²) in [7, 11) is -4.67. The molecule has 1 rings (SSSR count). The normalized spacial score (nSPS) is 11.8. The molecule has 140 valence electrons. The van der Waals surface area contributed by atoms with E-state index >= 15 is 0 Å². The number of aromatic nitrogens is 2. The van der Waals surface area contributed by atoms with Crippen LogP contribution in [0.3, 0.4) is 0 Å². The van der Waals surface area contributed by atoms with E-state index in [1.54, 1.807) is 6.07 Å². The third-order valence-electron chi connectivity index (χ3n) is 2.14. The summed E-state index contributed by atoms with van der Waals surface area (Å²) < 4.78 is 48.1. The standard InChI is InChI=1S/C12H21N2O3PS.H2O4S/c1-6-15-18(19,16-7-2)17-11-8-10(5)13-12(14-11)9(3)4;1-5(2,3)4/h8-9H,6-7H2,1-5H3;(H2,1,2,3,4). The first-order chi connectivity index (χ1) is 10.9. The predicted octanol–water partition coefficient (Wildman–Crippen LogP) is 2.93. The molecule has 0 saturated heterocycles. The summed E-state index contributed by atoms with van der Waals surface area (Å²) in [4.78, 5) is 8.71. The van der Waals surface area contributed by atoms with Crippen LogP contribution in [0.15, 0.2) is 6.07 Å². The third kappa shape index (κ3) is 11.0. The van der Waals surface area contributed by atoms with E-state index in [4.69, 9.17) is 42.9 Å². The fourth-order valence-corrected chi connectivity index (χ4v) is 3.38. The van der Waals surface area contributed by atoms with Crippen molar-refractivity contribution in [3.63, 3.8) is 0 Å². The van der Waals surface area contributed by atoms with Gasteiger partial charge in [-0.2, -0.15) is 13.4 Å². The highest BCUT2D eigenvalue weighted by Gasteiger charge is 2.22. The minimum atomic E-state index is -4.67. The molecule has 24 heavy (non-hydrogen) atoms. The minimum absolute atomic E-state index is 0.222. The van der Waals surface area contributed by atoms with Crippen molar-refractivity contribution in [3.05, 3.63) is 17.6 Å². The van der Waals surface area contributed by atoms with Gasteiger partial charge in [-0.05, 0) is 20.8 Å². The Kier molecular flexibility index (Phi) is 10.0. The van der Waals surface area contributed by atoms with E-state index in [0.29, 0.717) is 19.1 Å². The summed E-state index contributed by atoms with van der Waals surface area (Å²) in [5.74, 6) is 1.37. The third-order valence-corrected chi connectivity index (χ3v) is 4.56. The van der Waals surface area contributed by atoms with Gasteiger partial charge in [-0.1, -0.05) is 13.8 Å². The second-order valence-corrected chi connectivity index (χ2v) is 8.51. The first kappa shape index (κ1) is 23.3. The number of aryl methyl sites for hydroxylation is 1. The molecule has 1 aromatic heterocycles. The zero-order valence-corrected chi connectivity index (χ0v) is 16.7. The minimum Gasteiger partial charge on any atom is -0.406 e. The summed E-state index contributed by atoms with van der Waals surface area (Å²) >= 11 is 5.32. The lowest BCUT2D eigenvalue weighted by Gasteiger charge is -2.20. The van der Waals surface area contributed by atoms with Crippen molar-refractivity contribution >= 4 is 28.9 Å². The molecule has 0 aliphatic carbocycles. The molecule has 0 radical (unpaired) electrons. The van der Waals surface area contributed by atoms with Crippen molar-refractivity contribution in [3.8, 4) is 5.88 Å². The Bertz CT molecular complexity index is 649. The van der Waals surface area contributed by atoms with Crippen LogP contribution in [-0.2, 0) is 31.3 Å². The number of nitrogens with zero attached hydrogens (tertiary/aromatic N) is 2. The Labute approximate surface area is 147 Å². The molecule has 9 nitrogen and oxygen atoms in total. The van der Waals surface area contributed by atoms with Crippen molar-refractivity contribution in [2.24, 2.45) is 0 Å². The van der Waals surface area contributed by atoms with E-state index in [9.17, 15) is 0 Å². The fraction of sp³-hybridized carbons (Fsp3) is 0.667. The molecule has 2 N–H and O–H groups in total. The van der Waals surface area contributed by atoms with Crippen LogP contribution in [0.4, 0.5) is 0 Å². The van der Waals surface area contributed by atoms with Crippen molar-refractivity contribution in [1.82, 2.24) is 9.97 Å². The Balaban J connectivity index is 0.000000922. The largest absolute Gasteiger partial charge is 0.406 e. The van der Waals surface area contributed by atoms with Gasteiger partial charge in [0.25, 0.3) is 0 Å². The number of rotatable bonds is 7. The Morgan fingerprint density at radius 2 is 1.67 bits per heavy atom. The van der Waals surface area contributed by atoms with Gasteiger partial charge in [-0.3, -0.25) is 18.2 Å². The summed E-state index contributed by atoms with van der Waals surface area (Å²) in [6, 6.07) is 1.74. The highest BCUT2D eigenvalue weighted by molar-refractivity contribution is 8.07. The zero-order chi connectivity index (χ0) is 19.0. The molecule has 0 unspecified atom stereocenters. The van der Waals surface area contributed by atoms with Gasteiger partial charge in [0.15, 0.2) is 0 Å². The van der Waals surface area contributed by atoms with E-state index in [1.807, 2.05) is 34.6 Å². The van der Waals surface area contributed by atoms with Crippen LogP contribution in [0.2, 0.25) is 0 Å².